The van der Waals surface area contributed by atoms with Crippen LogP contribution in [0.15, 0.2) is 24.3 Å². The molecule has 0 aliphatic carbocycles. The maximum atomic E-state index is 11.9. The summed E-state index contributed by atoms with van der Waals surface area (Å²) in [4.78, 5) is 33.5. The third-order valence-electron chi connectivity index (χ3n) is 2.92. The first-order valence-electron chi connectivity index (χ1n) is 7.18. The molecular weight excluding hydrogens is 304 g/mol. The van der Waals surface area contributed by atoms with Gasteiger partial charge in [0.1, 0.15) is 11.8 Å². The van der Waals surface area contributed by atoms with Crippen molar-refractivity contribution in [3.8, 4) is 5.75 Å². The van der Waals surface area contributed by atoms with Crippen LogP contribution in [0, 0.1) is 0 Å². The minimum absolute atomic E-state index is 0.0299. The Bertz CT molecular complexity index is 561. The minimum atomic E-state index is -1.22. The van der Waals surface area contributed by atoms with Gasteiger partial charge in [0.15, 0.2) is 0 Å². The number of hydrogen-bond acceptors (Lipinski definition) is 4. The first-order valence-corrected chi connectivity index (χ1v) is 7.18. The number of hydrogen-bond donors (Lipinski definition) is 4. The Morgan fingerprint density at radius 2 is 1.91 bits per heavy atom. The molecule has 0 heterocycles. The molecule has 1 rings (SSSR count). The van der Waals surface area contributed by atoms with E-state index in [-0.39, 0.29) is 19.3 Å². The van der Waals surface area contributed by atoms with Crippen LogP contribution in [0.25, 0.3) is 0 Å². The lowest BCUT2D eigenvalue weighted by atomic mass is 10.1. The Morgan fingerprint density at radius 3 is 2.52 bits per heavy atom. The Morgan fingerprint density at radius 1 is 1.22 bits per heavy atom. The van der Waals surface area contributed by atoms with E-state index >= 15 is 0 Å². The summed E-state index contributed by atoms with van der Waals surface area (Å²) in [5, 5.41) is 22.5. The highest BCUT2D eigenvalue weighted by Crippen LogP contribution is 2.23. The summed E-state index contributed by atoms with van der Waals surface area (Å²) in [6, 6.07) is 4.92. The van der Waals surface area contributed by atoms with E-state index in [9.17, 15) is 14.4 Å². The molecule has 0 aromatic heterocycles. The van der Waals surface area contributed by atoms with E-state index in [1.165, 1.54) is 0 Å². The highest BCUT2D eigenvalue weighted by Gasteiger charge is 2.20. The van der Waals surface area contributed by atoms with Crippen LogP contribution in [-0.2, 0) is 9.59 Å². The Balaban J connectivity index is 2.62. The molecule has 0 saturated heterocycles. The van der Waals surface area contributed by atoms with Crippen LogP contribution in [0.1, 0.15) is 26.2 Å². The first-order chi connectivity index (χ1) is 10.9. The third kappa shape index (κ3) is 6.68. The van der Waals surface area contributed by atoms with Crippen LogP contribution >= 0.6 is 0 Å². The molecule has 126 valence electrons. The monoisotopic (exact) mass is 324 g/mol. The molecular formula is C15H20N2O6. The van der Waals surface area contributed by atoms with Gasteiger partial charge < -0.3 is 25.6 Å². The van der Waals surface area contributed by atoms with Gasteiger partial charge in [-0.2, -0.15) is 0 Å². The molecule has 2 amide bonds. The average molecular weight is 324 g/mol. The van der Waals surface area contributed by atoms with Gasteiger partial charge in [-0.25, -0.2) is 9.59 Å². The van der Waals surface area contributed by atoms with Crippen LogP contribution in [0.3, 0.4) is 0 Å². The van der Waals surface area contributed by atoms with Crippen molar-refractivity contribution in [2.75, 3.05) is 11.9 Å². The summed E-state index contributed by atoms with van der Waals surface area (Å²) in [5.41, 5.74) is 0.418. The summed E-state index contributed by atoms with van der Waals surface area (Å²) in [6.07, 6.45) is 0.0323. The molecule has 0 aliphatic heterocycles. The minimum Gasteiger partial charge on any atom is -0.492 e. The van der Waals surface area contributed by atoms with Crippen LogP contribution in [0.5, 0.6) is 5.75 Å². The summed E-state index contributed by atoms with van der Waals surface area (Å²) in [6.45, 7) is 2.23. The molecule has 0 bridgehead atoms. The highest BCUT2D eigenvalue weighted by molar-refractivity contribution is 5.93. The maximum Gasteiger partial charge on any atom is 0.326 e. The number of carboxylic acids is 2. The molecule has 0 radical (unpaired) electrons. The number of aliphatic carboxylic acids is 2. The van der Waals surface area contributed by atoms with Crippen molar-refractivity contribution < 1.29 is 29.3 Å². The Kier molecular flexibility index (Phi) is 7.38. The number of carbonyl (C=O) groups is 3. The molecule has 0 spiro atoms. The standard InChI is InChI=1S/C15H20N2O6/c1-2-23-12-8-4-3-6-10(12)16-15(22)17-11(14(20)21)7-5-9-13(18)19/h3-4,6,8,11H,2,5,7,9H2,1H3,(H,18,19)(H,20,21)(H2,16,17,22). The number of amides is 2. The lowest BCUT2D eigenvalue weighted by Crippen LogP contribution is -2.43. The topological polar surface area (TPSA) is 125 Å². The van der Waals surface area contributed by atoms with Crippen molar-refractivity contribution in [3.63, 3.8) is 0 Å². The fourth-order valence-corrected chi connectivity index (χ4v) is 1.88. The molecule has 0 aliphatic rings. The van der Waals surface area contributed by atoms with Gasteiger partial charge in [-0.05, 0) is 31.9 Å². The number of carbonyl (C=O) groups excluding carboxylic acids is 1. The smallest absolute Gasteiger partial charge is 0.326 e. The predicted molar refractivity (Wildman–Crippen MR) is 82.7 cm³/mol. The molecule has 1 atom stereocenters. The zero-order valence-electron chi connectivity index (χ0n) is 12.7. The Labute approximate surface area is 133 Å². The second-order valence-corrected chi connectivity index (χ2v) is 4.70. The summed E-state index contributed by atoms with van der Waals surface area (Å²) in [7, 11) is 0. The second kappa shape index (κ2) is 9.29. The van der Waals surface area contributed by atoms with Crippen LogP contribution in [0.4, 0.5) is 10.5 Å². The summed E-state index contributed by atoms with van der Waals surface area (Å²) >= 11 is 0. The van der Waals surface area contributed by atoms with E-state index in [1.54, 1.807) is 31.2 Å². The van der Waals surface area contributed by atoms with Gasteiger partial charge in [-0.1, -0.05) is 12.1 Å². The number of para-hydroxylation sites is 2. The van der Waals surface area contributed by atoms with E-state index in [4.69, 9.17) is 14.9 Å². The van der Waals surface area contributed by atoms with E-state index < -0.39 is 24.0 Å². The number of anilines is 1. The largest absolute Gasteiger partial charge is 0.492 e. The lowest BCUT2D eigenvalue weighted by molar-refractivity contribution is -0.140. The third-order valence-corrected chi connectivity index (χ3v) is 2.92. The zero-order valence-corrected chi connectivity index (χ0v) is 12.7. The van der Waals surface area contributed by atoms with Crippen LogP contribution < -0.4 is 15.4 Å². The predicted octanol–water partition coefficient (Wildman–Crippen LogP) is 1.91. The van der Waals surface area contributed by atoms with E-state index in [0.717, 1.165) is 0 Å². The maximum absolute atomic E-state index is 11.9. The van der Waals surface area contributed by atoms with Gasteiger partial charge >= 0.3 is 18.0 Å². The van der Waals surface area contributed by atoms with Crippen molar-refractivity contribution in [1.82, 2.24) is 5.32 Å². The van der Waals surface area contributed by atoms with Crippen LogP contribution in [-0.4, -0.2) is 40.8 Å². The number of urea groups is 1. The van der Waals surface area contributed by atoms with E-state index in [1.807, 2.05) is 0 Å². The van der Waals surface area contributed by atoms with Gasteiger partial charge in [0, 0.05) is 6.42 Å². The van der Waals surface area contributed by atoms with Gasteiger partial charge in [-0.15, -0.1) is 0 Å². The average Bonchev–Trinajstić information content (AvgIpc) is 2.48. The number of rotatable bonds is 9. The molecule has 8 nitrogen and oxygen atoms in total. The molecule has 1 aromatic carbocycles. The fourth-order valence-electron chi connectivity index (χ4n) is 1.88. The molecule has 8 heteroatoms. The number of ether oxygens (including phenoxy) is 1. The number of nitrogens with one attached hydrogen (secondary N) is 2. The zero-order chi connectivity index (χ0) is 17.2. The molecule has 1 unspecified atom stereocenters. The Hall–Kier alpha value is -2.77. The van der Waals surface area contributed by atoms with E-state index in [2.05, 4.69) is 10.6 Å². The number of benzene rings is 1. The second-order valence-electron chi connectivity index (χ2n) is 4.70. The van der Waals surface area contributed by atoms with Crippen molar-refractivity contribution in [3.05, 3.63) is 24.3 Å². The van der Waals surface area contributed by atoms with E-state index in [0.29, 0.717) is 18.0 Å². The number of carboxylic acid groups (broad SMARTS) is 2. The summed E-state index contributed by atoms with van der Waals surface area (Å²) in [5.74, 6) is -1.75. The molecule has 1 aromatic rings. The molecule has 4 N–H and O–H groups in total. The SMILES string of the molecule is CCOc1ccccc1NC(=O)NC(CCCC(=O)O)C(=O)O. The first kappa shape index (κ1) is 18.3. The van der Waals surface area contributed by atoms with Crippen molar-refractivity contribution in [2.24, 2.45) is 0 Å². The lowest BCUT2D eigenvalue weighted by Gasteiger charge is -2.16. The van der Waals surface area contributed by atoms with Crippen molar-refractivity contribution in [2.45, 2.75) is 32.2 Å². The van der Waals surface area contributed by atoms with Gasteiger partial charge in [0.25, 0.3) is 0 Å². The summed E-state index contributed by atoms with van der Waals surface area (Å²) < 4.78 is 5.36. The highest BCUT2D eigenvalue weighted by atomic mass is 16.5. The molecule has 23 heavy (non-hydrogen) atoms. The van der Waals surface area contributed by atoms with Gasteiger partial charge in [0.2, 0.25) is 0 Å². The fraction of sp³-hybridized carbons (Fsp3) is 0.400. The van der Waals surface area contributed by atoms with Gasteiger partial charge in [-0.3, -0.25) is 4.79 Å². The normalized spacial score (nSPS) is 11.3. The van der Waals surface area contributed by atoms with Crippen molar-refractivity contribution >= 4 is 23.7 Å². The van der Waals surface area contributed by atoms with Gasteiger partial charge in [0.05, 0.1) is 12.3 Å². The molecule has 0 fully saturated rings. The molecule has 0 saturated carbocycles. The quantitative estimate of drug-likeness (QED) is 0.550. The van der Waals surface area contributed by atoms with Crippen LogP contribution in [0.2, 0.25) is 0 Å². The van der Waals surface area contributed by atoms with Crippen molar-refractivity contribution in [1.29, 1.82) is 0 Å².